The Labute approximate surface area is 120 Å². The third-order valence-corrected chi connectivity index (χ3v) is 4.53. The van der Waals surface area contributed by atoms with E-state index in [1.54, 1.807) is 7.11 Å². The maximum Gasteiger partial charge on any atom is 0.256 e. The summed E-state index contributed by atoms with van der Waals surface area (Å²) in [6.07, 6.45) is 0.683. The zero-order valence-corrected chi connectivity index (χ0v) is 12.2. The van der Waals surface area contributed by atoms with Crippen molar-refractivity contribution in [3.8, 4) is 0 Å². The largest absolute Gasteiger partial charge is 0.367 e. The number of nitrogens with zero attached hydrogens (tertiary/aromatic N) is 2. The molecule has 0 aliphatic carbocycles. The average Bonchev–Trinajstić information content (AvgIpc) is 2.49. The third kappa shape index (κ3) is 2.23. The molecule has 2 bridgehead atoms. The lowest BCUT2D eigenvalue weighted by atomic mass is 9.86. The smallest absolute Gasteiger partial charge is 0.256 e. The minimum Gasteiger partial charge on any atom is -0.367 e. The van der Waals surface area contributed by atoms with Gasteiger partial charge in [-0.05, 0) is 18.5 Å². The quantitative estimate of drug-likeness (QED) is 0.837. The highest BCUT2D eigenvalue weighted by atomic mass is 16.5. The van der Waals surface area contributed by atoms with E-state index in [0.29, 0.717) is 12.1 Å². The lowest BCUT2D eigenvalue weighted by molar-refractivity contribution is -0.165. The topological polar surface area (TPSA) is 32.8 Å². The number of amides is 1. The Morgan fingerprint density at radius 3 is 2.50 bits per heavy atom. The Bertz CT molecular complexity index is 465. The van der Waals surface area contributed by atoms with E-state index in [9.17, 15) is 4.79 Å². The summed E-state index contributed by atoms with van der Waals surface area (Å²) in [7, 11) is 1.61. The summed E-state index contributed by atoms with van der Waals surface area (Å²) < 4.78 is 5.47. The highest BCUT2D eigenvalue weighted by molar-refractivity contribution is 5.84. The van der Waals surface area contributed by atoms with Crippen LogP contribution in [0.15, 0.2) is 30.3 Å². The fourth-order valence-electron chi connectivity index (χ4n) is 3.46. The number of benzene rings is 1. The van der Waals surface area contributed by atoms with Crippen molar-refractivity contribution in [3.63, 3.8) is 0 Å². The number of hydrogen-bond acceptors (Lipinski definition) is 3. The van der Waals surface area contributed by atoms with Gasteiger partial charge in [-0.15, -0.1) is 0 Å². The molecular formula is C16H22N2O2. The second kappa shape index (κ2) is 5.54. The second-order valence-electron chi connectivity index (χ2n) is 5.67. The van der Waals surface area contributed by atoms with E-state index >= 15 is 0 Å². The molecule has 3 saturated heterocycles. The van der Waals surface area contributed by atoms with Crippen LogP contribution in [0.3, 0.4) is 0 Å². The Hall–Kier alpha value is -1.39. The van der Waals surface area contributed by atoms with Crippen LogP contribution < -0.4 is 0 Å². The van der Waals surface area contributed by atoms with Crippen LogP contribution in [0.1, 0.15) is 25.0 Å². The Morgan fingerprint density at radius 1 is 1.30 bits per heavy atom. The number of piperazine rings is 1. The van der Waals surface area contributed by atoms with Crippen molar-refractivity contribution in [2.75, 3.05) is 26.7 Å². The van der Waals surface area contributed by atoms with Gasteiger partial charge in [0.2, 0.25) is 0 Å². The number of carbonyl (C=O) groups is 1. The van der Waals surface area contributed by atoms with Gasteiger partial charge in [-0.2, -0.15) is 0 Å². The molecule has 0 N–H and O–H groups in total. The molecule has 3 unspecified atom stereocenters. The van der Waals surface area contributed by atoms with Crippen molar-refractivity contribution in [2.45, 2.75) is 31.5 Å². The summed E-state index contributed by atoms with van der Waals surface area (Å²) in [4.78, 5) is 17.2. The number of rotatable bonds is 4. The summed E-state index contributed by atoms with van der Waals surface area (Å²) in [6.45, 7) is 5.26. The van der Waals surface area contributed by atoms with E-state index in [4.69, 9.17) is 4.74 Å². The number of hydrogen-bond donors (Lipinski definition) is 0. The molecule has 3 aliphatic rings. The number of methoxy groups -OCH3 is 1. The molecule has 1 aromatic rings. The van der Waals surface area contributed by atoms with Crippen molar-refractivity contribution in [3.05, 3.63) is 35.9 Å². The predicted octanol–water partition coefficient (Wildman–Crippen LogP) is 1.68. The maximum absolute atomic E-state index is 12.7. The van der Waals surface area contributed by atoms with Gasteiger partial charge in [-0.1, -0.05) is 37.3 Å². The molecular weight excluding hydrogens is 252 g/mol. The number of likely N-dealkylation sites (N-methyl/N-ethyl adjacent to an activating group) is 1. The number of carbonyl (C=O) groups excluding carboxylic acids is 1. The van der Waals surface area contributed by atoms with Crippen molar-refractivity contribution in [2.24, 2.45) is 0 Å². The fraction of sp³-hybridized carbons (Fsp3) is 0.562. The monoisotopic (exact) mass is 274 g/mol. The molecule has 4 nitrogen and oxygen atoms in total. The molecule has 1 amide bonds. The van der Waals surface area contributed by atoms with Crippen molar-refractivity contribution < 1.29 is 9.53 Å². The van der Waals surface area contributed by atoms with E-state index in [1.165, 1.54) is 0 Å². The van der Waals surface area contributed by atoms with E-state index in [1.807, 2.05) is 35.2 Å². The van der Waals surface area contributed by atoms with Crippen LogP contribution in [-0.2, 0) is 9.53 Å². The molecule has 108 valence electrons. The van der Waals surface area contributed by atoms with Gasteiger partial charge in [0.05, 0.1) is 0 Å². The minimum atomic E-state index is -0.463. The molecule has 4 rings (SSSR count). The van der Waals surface area contributed by atoms with Crippen molar-refractivity contribution in [1.82, 2.24) is 9.80 Å². The average molecular weight is 274 g/mol. The van der Waals surface area contributed by atoms with Gasteiger partial charge in [0.1, 0.15) is 0 Å². The Morgan fingerprint density at radius 2 is 1.95 bits per heavy atom. The SMILES string of the molecule is CCN1CC2CC(C1)N2C(=O)C(OC)c1ccccc1. The number of ether oxygens (including phenoxy) is 1. The predicted molar refractivity (Wildman–Crippen MR) is 77.3 cm³/mol. The van der Waals surface area contributed by atoms with Crippen molar-refractivity contribution >= 4 is 5.91 Å². The first-order chi connectivity index (χ1) is 9.74. The van der Waals surface area contributed by atoms with Gasteiger partial charge in [-0.3, -0.25) is 9.69 Å². The Kier molecular flexibility index (Phi) is 3.76. The van der Waals surface area contributed by atoms with Crippen molar-refractivity contribution in [1.29, 1.82) is 0 Å². The van der Waals surface area contributed by atoms with Gasteiger partial charge in [-0.25, -0.2) is 0 Å². The molecule has 4 heteroatoms. The maximum atomic E-state index is 12.7. The Balaban J connectivity index is 1.73. The van der Waals surface area contributed by atoms with E-state index in [0.717, 1.165) is 31.6 Å². The first-order valence-electron chi connectivity index (χ1n) is 7.36. The summed E-state index contributed by atoms with van der Waals surface area (Å²) in [5.41, 5.74) is 0.942. The lowest BCUT2D eigenvalue weighted by Crippen LogP contribution is -2.70. The molecule has 0 spiro atoms. The molecule has 3 aliphatic heterocycles. The molecule has 0 saturated carbocycles. The lowest BCUT2D eigenvalue weighted by Gasteiger charge is -2.56. The first-order valence-corrected chi connectivity index (χ1v) is 7.36. The van der Waals surface area contributed by atoms with Crippen LogP contribution in [0, 0.1) is 0 Å². The van der Waals surface area contributed by atoms with Gasteiger partial charge < -0.3 is 9.64 Å². The third-order valence-electron chi connectivity index (χ3n) is 4.53. The van der Waals surface area contributed by atoms with Crippen LogP contribution in [0.5, 0.6) is 0 Å². The summed E-state index contributed by atoms with van der Waals surface area (Å²) in [5.74, 6) is 0.121. The summed E-state index contributed by atoms with van der Waals surface area (Å²) in [5, 5.41) is 0. The molecule has 0 aromatic heterocycles. The highest BCUT2D eigenvalue weighted by Crippen LogP contribution is 2.35. The molecule has 3 fully saturated rings. The zero-order valence-electron chi connectivity index (χ0n) is 12.2. The van der Waals surface area contributed by atoms with Gasteiger partial charge in [0, 0.05) is 32.3 Å². The number of fused-ring (bicyclic) bond motifs is 2. The fourth-order valence-corrected chi connectivity index (χ4v) is 3.46. The van der Waals surface area contributed by atoms with Crippen LogP contribution in [0.2, 0.25) is 0 Å². The zero-order chi connectivity index (χ0) is 14.1. The molecule has 1 aromatic carbocycles. The molecule has 3 heterocycles. The summed E-state index contributed by atoms with van der Waals surface area (Å²) >= 11 is 0. The van der Waals surface area contributed by atoms with Gasteiger partial charge in [0.25, 0.3) is 5.91 Å². The standard InChI is InChI=1S/C16H22N2O2/c1-3-17-10-13-9-14(11-17)18(13)16(19)15(20-2)12-7-5-4-6-8-12/h4-8,13-15H,3,9-11H2,1-2H3. The van der Waals surface area contributed by atoms with Gasteiger partial charge in [0.15, 0.2) is 6.10 Å². The molecule has 20 heavy (non-hydrogen) atoms. The van der Waals surface area contributed by atoms with E-state index < -0.39 is 6.10 Å². The van der Waals surface area contributed by atoms with Crippen LogP contribution in [0.25, 0.3) is 0 Å². The van der Waals surface area contributed by atoms with E-state index in [-0.39, 0.29) is 5.91 Å². The van der Waals surface area contributed by atoms with Crippen LogP contribution in [0.4, 0.5) is 0 Å². The van der Waals surface area contributed by atoms with Crippen LogP contribution in [-0.4, -0.2) is 54.5 Å². The summed E-state index contributed by atoms with van der Waals surface area (Å²) in [6, 6.07) is 10.5. The van der Waals surface area contributed by atoms with Gasteiger partial charge >= 0.3 is 0 Å². The second-order valence-corrected chi connectivity index (χ2v) is 5.67. The first kappa shape index (κ1) is 13.6. The minimum absolute atomic E-state index is 0.121. The highest BCUT2D eigenvalue weighted by Gasteiger charge is 2.48. The number of piperidine rings is 1. The molecule has 3 atom stereocenters. The molecule has 0 radical (unpaired) electrons. The normalized spacial score (nSPS) is 27.0. The van der Waals surface area contributed by atoms with E-state index in [2.05, 4.69) is 11.8 Å². The van der Waals surface area contributed by atoms with Crippen LogP contribution >= 0.6 is 0 Å².